The van der Waals surface area contributed by atoms with Crippen LogP contribution in [0.15, 0.2) is 54.6 Å². The summed E-state index contributed by atoms with van der Waals surface area (Å²) >= 11 is 0. The van der Waals surface area contributed by atoms with Gasteiger partial charge >= 0.3 is 5.97 Å². The second-order valence-corrected chi connectivity index (χ2v) is 6.59. The van der Waals surface area contributed by atoms with E-state index in [0.717, 1.165) is 11.3 Å². The number of amides is 1. The van der Waals surface area contributed by atoms with Crippen molar-refractivity contribution < 1.29 is 23.9 Å². The van der Waals surface area contributed by atoms with Crippen LogP contribution in [0.4, 0.5) is 5.69 Å². The molecule has 0 aliphatic rings. The molecule has 1 N–H and O–H groups in total. The Kier molecular flexibility index (Phi) is 8.15. The van der Waals surface area contributed by atoms with Crippen molar-refractivity contribution in [3.05, 3.63) is 65.7 Å². The van der Waals surface area contributed by atoms with Crippen LogP contribution in [0.25, 0.3) is 6.08 Å². The minimum absolute atomic E-state index is 0.0997. The van der Waals surface area contributed by atoms with Gasteiger partial charge in [-0.25, -0.2) is 4.79 Å². The fraction of sp³-hybridized carbons (Fsp3) is 0.261. The van der Waals surface area contributed by atoms with Crippen molar-refractivity contribution >= 4 is 29.4 Å². The molecule has 0 atom stereocenters. The number of nitrogens with one attached hydrogen (secondary N) is 1. The van der Waals surface area contributed by atoms with E-state index in [1.165, 1.54) is 6.08 Å². The van der Waals surface area contributed by atoms with Gasteiger partial charge in [-0.3, -0.25) is 9.59 Å². The number of hydrogen-bond acceptors (Lipinski definition) is 5. The summed E-state index contributed by atoms with van der Waals surface area (Å²) in [6, 6.07) is 13.7. The molecule has 0 bridgehead atoms. The largest absolute Gasteiger partial charge is 0.494 e. The van der Waals surface area contributed by atoms with Crippen LogP contribution in [0.5, 0.6) is 5.75 Å². The van der Waals surface area contributed by atoms with Crippen LogP contribution >= 0.6 is 0 Å². The lowest BCUT2D eigenvalue weighted by Gasteiger charge is -2.08. The maximum absolute atomic E-state index is 12.2. The van der Waals surface area contributed by atoms with E-state index < -0.39 is 5.97 Å². The molecule has 0 aromatic heterocycles. The van der Waals surface area contributed by atoms with E-state index in [2.05, 4.69) is 5.32 Å². The van der Waals surface area contributed by atoms with Crippen molar-refractivity contribution in [1.82, 2.24) is 0 Å². The number of esters is 1. The van der Waals surface area contributed by atoms with Gasteiger partial charge in [0.05, 0.1) is 6.61 Å². The lowest BCUT2D eigenvalue weighted by molar-refractivity contribution is -0.136. The number of rotatable bonds is 9. The van der Waals surface area contributed by atoms with Gasteiger partial charge in [0, 0.05) is 23.2 Å². The first-order chi connectivity index (χ1) is 13.9. The van der Waals surface area contributed by atoms with Crippen LogP contribution in [-0.4, -0.2) is 30.9 Å². The first kappa shape index (κ1) is 21.9. The zero-order valence-corrected chi connectivity index (χ0v) is 16.8. The number of Topliss-reactive ketones (excluding diaryl/α,β-unsaturated/α-hetero) is 1. The minimum Gasteiger partial charge on any atom is -0.494 e. The summed E-state index contributed by atoms with van der Waals surface area (Å²) in [5.41, 5.74) is 1.82. The summed E-state index contributed by atoms with van der Waals surface area (Å²) in [4.78, 5) is 35.7. The monoisotopic (exact) mass is 395 g/mol. The molecule has 0 aliphatic heterocycles. The second-order valence-electron chi connectivity index (χ2n) is 6.59. The number of carbonyl (C=O) groups excluding carboxylic acids is 3. The number of carbonyl (C=O) groups is 3. The van der Waals surface area contributed by atoms with E-state index in [0.29, 0.717) is 17.9 Å². The molecule has 1 amide bonds. The van der Waals surface area contributed by atoms with Gasteiger partial charge in [-0.1, -0.05) is 26.0 Å². The maximum Gasteiger partial charge on any atom is 0.331 e. The third-order valence-corrected chi connectivity index (χ3v) is 3.95. The predicted octanol–water partition coefficient (Wildman–Crippen LogP) is 4.12. The normalized spacial score (nSPS) is 10.8. The molecule has 0 saturated carbocycles. The summed E-state index contributed by atoms with van der Waals surface area (Å²) in [7, 11) is 0. The molecule has 0 unspecified atom stereocenters. The smallest absolute Gasteiger partial charge is 0.331 e. The molecule has 0 spiro atoms. The van der Waals surface area contributed by atoms with Gasteiger partial charge in [0.2, 0.25) is 5.91 Å². The molecule has 2 aromatic carbocycles. The molecule has 29 heavy (non-hydrogen) atoms. The molecular weight excluding hydrogens is 370 g/mol. The summed E-state index contributed by atoms with van der Waals surface area (Å²) in [6.07, 6.45) is 2.88. The molecule has 0 saturated heterocycles. The van der Waals surface area contributed by atoms with Gasteiger partial charge < -0.3 is 14.8 Å². The molecular formula is C23H25NO5. The van der Waals surface area contributed by atoms with Gasteiger partial charge in [0.25, 0.3) is 0 Å². The lowest BCUT2D eigenvalue weighted by Crippen LogP contribution is -2.18. The van der Waals surface area contributed by atoms with Gasteiger partial charge in [-0.2, -0.15) is 0 Å². The van der Waals surface area contributed by atoms with Gasteiger partial charge in [0.1, 0.15) is 5.75 Å². The number of ether oxygens (including phenoxy) is 2. The third-order valence-electron chi connectivity index (χ3n) is 3.95. The van der Waals surface area contributed by atoms with Gasteiger partial charge in [-0.05, 0) is 55.0 Å². The Morgan fingerprint density at radius 3 is 2.24 bits per heavy atom. The lowest BCUT2D eigenvalue weighted by atomic mass is 10.1. The molecule has 0 radical (unpaired) electrons. The average molecular weight is 395 g/mol. The van der Waals surface area contributed by atoms with Crippen LogP contribution in [0.1, 0.15) is 36.7 Å². The van der Waals surface area contributed by atoms with Crippen LogP contribution in [0.2, 0.25) is 0 Å². The molecule has 0 aliphatic carbocycles. The molecule has 0 heterocycles. The SMILES string of the molecule is CCOc1ccc(/C=C/C(=O)OCC(=O)c2ccc(NC(=O)C(C)C)cc2)cc1. The highest BCUT2D eigenvalue weighted by atomic mass is 16.5. The average Bonchev–Trinajstić information content (AvgIpc) is 2.72. The number of anilines is 1. The molecule has 152 valence electrons. The second kappa shape index (κ2) is 10.8. The minimum atomic E-state index is -0.604. The highest BCUT2D eigenvalue weighted by Crippen LogP contribution is 2.14. The Morgan fingerprint density at radius 1 is 1.00 bits per heavy atom. The Hall–Kier alpha value is -3.41. The molecule has 6 nitrogen and oxygen atoms in total. The molecule has 6 heteroatoms. The van der Waals surface area contributed by atoms with Crippen molar-refractivity contribution in [2.45, 2.75) is 20.8 Å². The summed E-state index contributed by atoms with van der Waals surface area (Å²) < 4.78 is 10.4. The summed E-state index contributed by atoms with van der Waals surface area (Å²) in [5, 5.41) is 2.75. The fourth-order valence-corrected chi connectivity index (χ4v) is 2.30. The van der Waals surface area contributed by atoms with Crippen molar-refractivity contribution in [2.75, 3.05) is 18.5 Å². The summed E-state index contributed by atoms with van der Waals surface area (Å²) in [5.74, 6) is -0.404. The molecule has 0 fully saturated rings. The summed E-state index contributed by atoms with van der Waals surface area (Å²) in [6.45, 7) is 5.73. The highest BCUT2D eigenvalue weighted by molar-refractivity contribution is 5.99. The quantitative estimate of drug-likeness (QED) is 0.392. The van der Waals surface area contributed by atoms with E-state index in [-0.39, 0.29) is 24.2 Å². The first-order valence-corrected chi connectivity index (χ1v) is 9.41. The van der Waals surface area contributed by atoms with E-state index in [1.54, 1.807) is 44.2 Å². The Balaban J connectivity index is 1.83. The van der Waals surface area contributed by atoms with Crippen molar-refractivity contribution in [1.29, 1.82) is 0 Å². The maximum atomic E-state index is 12.2. The Morgan fingerprint density at radius 2 is 1.66 bits per heavy atom. The first-order valence-electron chi connectivity index (χ1n) is 9.41. The Bertz CT molecular complexity index is 867. The van der Waals surface area contributed by atoms with Gasteiger partial charge in [0.15, 0.2) is 12.4 Å². The van der Waals surface area contributed by atoms with Crippen molar-refractivity contribution in [3.8, 4) is 5.75 Å². The van der Waals surface area contributed by atoms with Crippen LogP contribution in [0.3, 0.4) is 0 Å². The van der Waals surface area contributed by atoms with Crippen LogP contribution < -0.4 is 10.1 Å². The number of ketones is 1. The third kappa shape index (κ3) is 7.25. The van der Waals surface area contributed by atoms with E-state index in [9.17, 15) is 14.4 Å². The van der Waals surface area contributed by atoms with Crippen molar-refractivity contribution in [3.63, 3.8) is 0 Å². The number of hydrogen-bond donors (Lipinski definition) is 1. The molecule has 2 rings (SSSR count). The van der Waals surface area contributed by atoms with Crippen LogP contribution in [-0.2, 0) is 14.3 Å². The van der Waals surface area contributed by atoms with Crippen molar-refractivity contribution in [2.24, 2.45) is 5.92 Å². The highest BCUT2D eigenvalue weighted by Gasteiger charge is 2.10. The van der Waals surface area contributed by atoms with Crippen LogP contribution in [0, 0.1) is 5.92 Å². The Labute approximate surface area is 170 Å². The molecule has 2 aromatic rings. The van der Waals surface area contributed by atoms with E-state index in [1.807, 2.05) is 31.2 Å². The standard InChI is InChI=1S/C23H25NO5/c1-4-28-20-12-5-17(6-13-20)7-14-22(26)29-15-21(25)18-8-10-19(11-9-18)24-23(27)16(2)3/h5-14,16H,4,15H2,1-3H3,(H,24,27)/b14-7+. The van der Waals surface area contributed by atoms with E-state index >= 15 is 0 Å². The fourth-order valence-electron chi connectivity index (χ4n) is 2.30. The zero-order chi connectivity index (χ0) is 21.2. The number of benzene rings is 2. The van der Waals surface area contributed by atoms with Gasteiger partial charge in [-0.15, -0.1) is 0 Å². The zero-order valence-electron chi connectivity index (χ0n) is 16.8. The van der Waals surface area contributed by atoms with E-state index in [4.69, 9.17) is 9.47 Å². The topological polar surface area (TPSA) is 81.7 Å². The predicted molar refractivity (Wildman–Crippen MR) is 112 cm³/mol.